The first kappa shape index (κ1) is 26.1. The number of benzene rings is 2. The molecule has 1 saturated carbocycles. The van der Waals surface area contributed by atoms with Crippen molar-refractivity contribution in [2.75, 3.05) is 6.61 Å². The molecule has 1 aliphatic carbocycles. The highest BCUT2D eigenvalue weighted by atomic mass is 32.2. The Balaban J connectivity index is 1.76. The maximum atomic E-state index is 12.5. The molecule has 3 rings (SSSR count). The van der Waals surface area contributed by atoms with Crippen LogP contribution in [-0.4, -0.2) is 29.9 Å². The van der Waals surface area contributed by atoms with Crippen molar-refractivity contribution in [1.29, 1.82) is 0 Å². The Morgan fingerprint density at radius 2 is 1.52 bits per heavy atom. The molecule has 0 aliphatic heterocycles. The van der Waals surface area contributed by atoms with Crippen LogP contribution in [-0.2, 0) is 15.4 Å². The van der Waals surface area contributed by atoms with Gasteiger partial charge < -0.3 is 4.43 Å². The highest BCUT2D eigenvalue weighted by Crippen LogP contribution is 2.44. The molecule has 0 radical (unpaired) electrons. The summed E-state index contributed by atoms with van der Waals surface area (Å²) < 4.78 is 22.6. The molecule has 4 atom stereocenters. The SMILES string of the molecule is C=C[C@H](C[C@@H]1C[C@H]1CO[Si](c1ccccc1)(c1ccccc1)C(C)(C)C)NS(=O)C(C)(C)C. The van der Waals surface area contributed by atoms with Gasteiger partial charge in [0, 0.05) is 12.6 Å². The maximum Gasteiger partial charge on any atom is 0.261 e. The molecule has 0 aromatic heterocycles. The van der Waals surface area contributed by atoms with Gasteiger partial charge in [-0.3, -0.25) is 0 Å². The van der Waals surface area contributed by atoms with Gasteiger partial charge in [0.25, 0.3) is 8.32 Å². The highest BCUT2D eigenvalue weighted by molar-refractivity contribution is 7.84. The highest BCUT2D eigenvalue weighted by Gasteiger charge is 2.51. The average Bonchev–Trinajstić information content (AvgIpc) is 3.51. The second-order valence-corrected chi connectivity index (χ2v) is 17.6. The van der Waals surface area contributed by atoms with Gasteiger partial charge in [-0.25, -0.2) is 8.93 Å². The number of hydrogen-bond donors (Lipinski definition) is 1. The zero-order valence-corrected chi connectivity index (χ0v) is 23.0. The van der Waals surface area contributed by atoms with E-state index in [4.69, 9.17) is 4.43 Å². The molecule has 2 aromatic carbocycles. The Hall–Kier alpha value is -1.53. The minimum Gasteiger partial charge on any atom is -0.407 e. The van der Waals surface area contributed by atoms with Crippen LogP contribution < -0.4 is 15.1 Å². The lowest BCUT2D eigenvalue weighted by molar-refractivity contribution is 0.272. The number of nitrogens with one attached hydrogen (secondary N) is 1. The van der Waals surface area contributed by atoms with Crippen LogP contribution in [0, 0.1) is 11.8 Å². The summed E-state index contributed by atoms with van der Waals surface area (Å²) in [6.07, 6.45) is 4.02. The summed E-state index contributed by atoms with van der Waals surface area (Å²) in [4.78, 5) is 0. The Labute approximate surface area is 204 Å². The Kier molecular flexibility index (Phi) is 8.21. The van der Waals surface area contributed by atoms with E-state index in [2.05, 4.69) is 92.7 Å². The molecule has 0 amide bonds. The topological polar surface area (TPSA) is 38.3 Å². The molecule has 180 valence electrons. The third-order valence-corrected chi connectivity index (χ3v) is 13.3. The molecular formula is C28H41NO2SSi. The van der Waals surface area contributed by atoms with E-state index < -0.39 is 19.3 Å². The summed E-state index contributed by atoms with van der Waals surface area (Å²) in [5.41, 5.74) is 0. The van der Waals surface area contributed by atoms with Crippen LogP contribution >= 0.6 is 0 Å². The minimum absolute atomic E-state index is 0.00505. The van der Waals surface area contributed by atoms with Crippen molar-refractivity contribution in [2.24, 2.45) is 11.8 Å². The summed E-state index contributed by atoms with van der Waals surface area (Å²) in [7, 11) is -3.58. The molecule has 1 aliphatic rings. The summed E-state index contributed by atoms with van der Waals surface area (Å²) in [5.74, 6) is 1.12. The second kappa shape index (κ2) is 10.4. The van der Waals surface area contributed by atoms with Gasteiger partial charge in [-0.1, -0.05) is 87.5 Å². The lowest BCUT2D eigenvalue weighted by Crippen LogP contribution is -2.66. The first-order chi connectivity index (χ1) is 15.5. The van der Waals surface area contributed by atoms with Crippen LogP contribution in [0.2, 0.25) is 5.04 Å². The molecule has 0 heterocycles. The maximum absolute atomic E-state index is 12.5. The van der Waals surface area contributed by atoms with Gasteiger partial charge in [0.05, 0.1) is 15.7 Å². The van der Waals surface area contributed by atoms with E-state index in [0.29, 0.717) is 11.8 Å². The van der Waals surface area contributed by atoms with Crippen molar-refractivity contribution in [3.05, 3.63) is 73.3 Å². The van der Waals surface area contributed by atoms with E-state index in [1.807, 2.05) is 26.8 Å². The van der Waals surface area contributed by atoms with Gasteiger partial charge in [0.2, 0.25) is 0 Å². The summed E-state index contributed by atoms with van der Waals surface area (Å²) in [6.45, 7) is 17.7. The molecule has 0 bridgehead atoms. The van der Waals surface area contributed by atoms with Crippen molar-refractivity contribution in [2.45, 2.75) is 70.2 Å². The van der Waals surface area contributed by atoms with Gasteiger partial charge in [0.1, 0.15) is 0 Å². The van der Waals surface area contributed by atoms with E-state index in [1.54, 1.807) is 0 Å². The van der Waals surface area contributed by atoms with E-state index in [9.17, 15) is 4.21 Å². The smallest absolute Gasteiger partial charge is 0.261 e. The first-order valence-electron chi connectivity index (χ1n) is 12.0. The van der Waals surface area contributed by atoms with Gasteiger partial charge in [0.15, 0.2) is 0 Å². The first-order valence-corrected chi connectivity index (χ1v) is 15.1. The van der Waals surface area contributed by atoms with Gasteiger partial charge in [-0.05, 0) is 60.9 Å². The van der Waals surface area contributed by atoms with Gasteiger partial charge in [-0.15, -0.1) is 6.58 Å². The van der Waals surface area contributed by atoms with E-state index in [-0.39, 0.29) is 15.8 Å². The van der Waals surface area contributed by atoms with Crippen molar-refractivity contribution in [1.82, 2.24) is 4.72 Å². The van der Waals surface area contributed by atoms with E-state index >= 15 is 0 Å². The summed E-state index contributed by atoms with van der Waals surface area (Å²) >= 11 is 0. The molecule has 1 unspecified atom stereocenters. The second-order valence-electron chi connectivity index (χ2n) is 11.3. The van der Waals surface area contributed by atoms with Crippen LogP contribution in [0.4, 0.5) is 0 Å². The van der Waals surface area contributed by atoms with E-state index in [0.717, 1.165) is 19.4 Å². The van der Waals surface area contributed by atoms with Crippen LogP contribution in [0.25, 0.3) is 0 Å². The predicted octanol–water partition coefficient (Wildman–Crippen LogP) is 5.20. The Bertz CT molecular complexity index is 894. The molecule has 0 spiro atoms. The van der Waals surface area contributed by atoms with Gasteiger partial charge >= 0.3 is 0 Å². The van der Waals surface area contributed by atoms with Crippen LogP contribution in [0.3, 0.4) is 0 Å². The van der Waals surface area contributed by atoms with Gasteiger partial charge in [-0.2, -0.15) is 0 Å². The zero-order chi connectivity index (χ0) is 24.3. The van der Waals surface area contributed by atoms with Crippen molar-refractivity contribution in [3.63, 3.8) is 0 Å². The largest absolute Gasteiger partial charge is 0.407 e. The average molecular weight is 484 g/mol. The fraction of sp³-hybridized carbons (Fsp3) is 0.500. The monoisotopic (exact) mass is 483 g/mol. The standard InChI is InChI=1S/C28H41NO2SSi/c1-8-24(29-32(30)27(2,3)4)20-22-19-23(22)21-31-33(28(5,6)7,25-15-11-9-12-16-25)26-17-13-10-14-18-26/h8-18,22-24,29H,1,19-21H2,2-7H3/t22-,23-,24+,32?/m0/s1. The molecule has 1 N–H and O–H groups in total. The quantitative estimate of drug-likeness (QED) is 0.373. The van der Waals surface area contributed by atoms with Crippen molar-refractivity contribution < 1.29 is 8.63 Å². The molecule has 3 nitrogen and oxygen atoms in total. The molecule has 1 fully saturated rings. The fourth-order valence-corrected chi connectivity index (χ4v) is 10.1. The molecule has 0 saturated heterocycles. The Morgan fingerprint density at radius 1 is 1.00 bits per heavy atom. The van der Waals surface area contributed by atoms with Crippen LogP contribution in [0.5, 0.6) is 0 Å². The molecule has 33 heavy (non-hydrogen) atoms. The third kappa shape index (κ3) is 6.13. The lowest BCUT2D eigenvalue weighted by Gasteiger charge is -2.43. The fourth-order valence-electron chi connectivity index (χ4n) is 4.63. The zero-order valence-electron chi connectivity index (χ0n) is 21.1. The number of rotatable bonds is 10. The predicted molar refractivity (Wildman–Crippen MR) is 145 cm³/mol. The third-order valence-electron chi connectivity index (χ3n) is 6.66. The lowest BCUT2D eigenvalue weighted by atomic mass is 10.1. The molecule has 2 aromatic rings. The molecular weight excluding hydrogens is 442 g/mol. The summed E-state index contributed by atoms with van der Waals surface area (Å²) in [6, 6.07) is 21.7. The summed E-state index contributed by atoms with van der Waals surface area (Å²) in [5, 5.41) is 2.65. The normalized spacial score (nSPS) is 20.8. The number of hydrogen-bond acceptors (Lipinski definition) is 2. The molecule has 5 heteroatoms. The van der Waals surface area contributed by atoms with Crippen LogP contribution in [0.1, 0.15) is 54.4 Å². The minimum atomic E-state index is -2.49. The Morgan fingerprint density at radius 3 is 1.94 bits per heavy atom. The van der Waals surface area contributed by atoms with Crippen molar-refractivity contribution >= 4 is 29.7 Å². The van der Waals surface area contributed by atoms with Crippen LogP contribution in [0.15, 0.2) is 73.3 Å². The van der Waals surface area contributed by atoms with E-state index in [1.165, 1.54) is 10.4 Å². The van der Waals surface area contributed by atoms with Crippen molar-refractivity contribution in [3.8, 4) is 0 Å².